The fourth-order valence-electron chi connectivity index (χ4n) is 11.7. The SMILES string of the molecule is CC(C)(C)c1ccnc(-n2c3ccccc3c3ccc(Oc4cccc(-[n+]5[c-]n(-c6c(-c7ccccc7)cccc6-c6ccccc6)c6cc7c(cc65)C5c6ccccc6C7c6ccccc65)c4)cc32)c1. The number of nitrogens with zero attached hydrogens (tertiary/aromatic N) is 4. The van der Waals surface area contributed by atoms with Gasteiger partial charge in [-0.1, -0.05) is 172 Å². The highest BCUT2D eigenvalue weighted by Gasteiger charge is 2.41. The van der Waals surface area contributed by atoms with E-state index in [1.807, 2.05) is 12.3 Å². The molecule has 3 aliphatic rings. The van der Waals surface area contributed by atoms with E-state index < -0.39 is 0 Å². The molecule has 0 N–H and O–H groups in total. The van der Waals surface area contributed by atoms with Gasteiger partial charge in [0, 0.05) is 34.9 Å². The van der Waals surface area contributed by atoms with E-state index in [-0.39, 0.29) is 17.3 Å². The molecular formula is C66H48N4O. The lowest BCUT2D eigenvalue weighted by Gasteiger charge is -2.42. The van der Waals surface area contributed by atoms with E-state index in [0.29, 0.717) is 0 Å². The highest BCUT2D eigenvalue weighted by molar-refractivity contribution is 6.09. The predicted molar refractivity (Wildman–Crippen MR) is 287 cm³/mol. The molecule has 0 saturated heterocycles. The minimum Gasteiger partial charge on any atom is -0.458 e. The molecular weight excluding hydrogens is 865 g/mol. The third-order valence-corrected chi connectivity index (χ3v) is 14.9. The Hall–Kier alpha value is -8.80. The van der Waals surface area contributed by atoms with Crippen LogP contribution in [0.5, 0.6) is 11.5 Å². The predicted octanol–water partition coefficient (Wildman–Crippen LogP) is 15.6. The van der Waals surface area contributed by atoms with E-state index >= 15 is 0 Å². The van der Waals surface area contributed by atoms with Crippen LogP contribution < -0.4 is 9.30 Å². The van der Waals surface area contributed by atoms with Gasteiger partial charge in [-0.15, -0.1) is 0 Å². The van der Waals surface area contributed by atoms with Crippen molar-refractivity contribution in [1.82, 2.24) is 14.1 Å². The van der Waals surface area contributed by atoms with Crippen LogP contribution in [0.15, 0.2) is 225 Å². The second-order valence-electron chi connectivity index (χ2n) is 20.1. The summed E-state index contributed by atoms with van der Waals surface area (Å²) in [5, 5.41) is 2.32. The van der Waals surface area contributed by atoms with Crippen LogP contribution >= 0.6 is 0 Å². The smallest absolute Gasteiger partial charge is 0.269 e. The van der Waals surface area contributed by atoms with Gasteiger partial charge in [-0.3, -0.25) is 13.7 Å². The molecule has 0 amide bonds. The van der Waals surface area contributed by atoms with Gasteiger partial charge in [-0.05, 0) is 127 Å². The Labute approximate surface area is 413 Å². The summed E-state index contributed by atoms with van der Waals surface area (Å²) >= 11 is 0. The van der Waals surface area contributed by atoms with Crippen molar-refractivity contribution in [3.05, 3.63) is 270 Å². The lowest BCUT2D eigenvalue weighted by atomic mass is 9.61. The second-order valence-corrected chi connectivity index (χ2v) is 20.1. The molecule has 2 bridgehead atoms. The van der Waals surface area contributed by atoms with Crippen LogP contribution in [-0.2, 0) is 5.41 Å². The first-order valence-electron chi connectivity index (χ1n) is 24.6. The van der Waals surface area contributed by atoms with E-state index in [2.05, 4.69) is 253 Å². The number of ether oxygens (including phenoxy) is 1. The molecule has 0 fully saturated rings. The monoisotopic (exact) mass is 912 g/mol. The maximum atomic E-state index is 6.91. The van der Waals surface area contributed by atoms with E-state index in [0.717, 1.165) is 78.4 Å². The van der Waals surface area contributed by atoms with Crippen LogP contribution in [0.25, 0.3) is 72.3 Å². The quantitative estimate of drug-likeness (QED) is 0.118. The molecule has 9 aromatic carbocycles. The number of para-hydroxylation sites is 2. The molecule has 3 aliphatic carbocycles. The summed E-state index contributed by atoms with van der Waals surface area (Å²) in [4.78, 5) is 4.92. The maximum Gasteiger partial charge on any atom is 0.269 e. The molecule has 3 heterocycles. The van der Waals surface area contributed by atoms with E-state index in [9.17, 15) is 0 Å². The van der Waals surface area contributed by atoms with Crippen molar-refractivity contribution >= 4 is 32.8 Å². The number of aromatic nitrogens is 4. The average Bonchev–Trinajstić information content (AvgIpc) is 3.95. The van der Waals surface area contributed by atoms with Gasteiger partial charge in [0.25, 0.3) is 6.33 Å². The van der Waals surface area contributed by atoms with Gasteiger partial charge in [0.1, 0.15) is 17.3 Å². The van der Waals surface area contributed by atoms with Crippen LogP contribution in [0.1, 0.15) is 71.6 Å². The fraction of sp³-hybridized carbons (Fsp3) is 0.0909. The van der Waals surface area contributed by atoms with Crippen molar-refractivity contribution in [2.24, 2.45) is 0 Å². The van der Waals surface area contributed by atoms with Gasteiger partial charge in [-0.25, -0.2) is 4.98 Å². The van der Waals surface area contributed by atoms with Crippen LogP contribution in [0.3, 0.4) is 0 Å². The highest BCUT2D eigenvalue weighted by Crippen LogP contribution is 2.56. The topological polar surface area (TPSA) is 35.9 Å². The van der Waals surface area contributed by atoms with Gasteiger partial charge in [0.2, 0.25) is 0 Å². The molecule has 338 valence electrons. The Morgan fingerprint density at radius 2 is 1.06 bits per heavy atom. The molecule has 0 radical (unpaired) electrons. The fourth-order valence-corrected chi connectivity index (χ4v) is 11.7. The number of benzene rings is 9. The third-order valence-electron chi connectivity index (χ3n) is 14.9. The van der Waals surface area contributed by atoms with Crippen molar-refractivity contribution < 1.29 is 9.30 Å². The first kappa shape index (κ1) is 41.2. The Morgan fingerprint density at radius 1 is 0.479 bits per heavy atom. The van der Waals surface area contributed by atoms with Crippen LogP contribution in [-0.4, -0.2) is 14.1 Å². The lowest BCUT2D eigenvalue weighted by molar-refractivity contribution is -0.572. The zero-order valence-electron chi connectivity index (χ0n) is 39.7. The number of fused-ring (bicyclic) bond motifs is 4. The van der Waals surface area contributed by atoms with Crippen molar-refractivity contribution in [3.8, 4) is 50.9 Å². The number of hydrogen-bond donors (Lipinski definition) is 0. The van der Waals surface area contributed by atoms with Gasteiger partial charge in [0.05, 0.1) is 33.4 Å². The molecule has 0 spiro atoms. The summed E-state index contributed by atoms with van der Waals surface area (Å²) in [6.07, 6.45) is 5.92. The summed E-state index contributed by atoms with van der Waals surface area (Å²) in [7, 11) is 0. The zero-order chi connectivity index (χ0) is 47.4. The molecule has 5 heteroatoms. The van der Waals surface area contributed by atoms with Gasteiger partial charge >= 0.3 is 0 Å². The summed E-state index contributed by atoms with van der Waals surface area (Å²) in [5.41, 5.74) is 20.4. The molecule has 12 aromatic rings. The van der Waals surface area contributed by atoms with E-state index in [4.69, 9.17) is 9.72 Å². The first-order valence-corrected chi connectivity index (χ1v) is 24.6. The van der Waals surface area contributed by atoms with Crippen molar-refractivity contribution in [2.45, 2.75) is 38.0 Å². The first-order chi connectivity index (χ1) is 34.9. The van der Waals surface area contributed by atoms with Crippen molar-refractivity contribution in [3.63, 3.8) is 0 Å². The Kier molecular flexibility index (Phi) is 9.21. The summed E-state index contributed by atoms with van der Waals surface area (Å²) in [6, 6.07) is 79.0. The molecule has 0 atom stereocenters. The lowest BCUT2D eigenvalue weighted by Crippen LogP contribution is -2.31. The minimum atomic E-state index is -0.0250. The highest BCUT2D eigenvalue weighted by atomic mass is 16.5. The normalized spacial score (nSPS) is 14.7. The third kappa shape index (κ3) is 6.53. The zero-order valence-corrected chi connectivity index (χ0v) is 39.7. The van der Waals surface area contributed by atoms with Gasteiger partial charge < -0.3 is 4.74 Å². The number of imidazole rings is 1. The summed E-state index contributed by atoms with van der Waals surface area (Å²) < 4.78 is 13.7. The van der Waals surface area contributed by atoms with Crippen LogP contribution in [0, 0.1) is 6.33 Å². The molecule has 3 aromatic heterocycles. The minimum absolute atomic E-state index is 0.0250. The molecule has 5 nitrogen and oxygen atoms in total. The Bertz CT molecular complexity index is 3980. The summed E-state index contributed by atoms with van der Waals surface area (Å²) in [5.74, 6) is 2.60. The molecule has 0 aliphatic heterocycles. The maximum absolute atomic E-state index is 6.91. The largest absolute Gasteiger partial charge is 0.458 e. The molecule has 0 unspecified atom stereocenters. The van der Waals surface area contributed by atoms with Gasteiger partial charge in [-0.2, -0.15) is 0 Å². The van der Waals surface area contributed by atoms with Crippen molar-refractivity contribution in [1.29, 1.82) is 0 Å². The Morgan fingerprint density at radius 3 is 1.72 bits per heavy atom. The Balaban J connectivity index is 0.964. The number of hydrogen-bond acceptors (Lipinski definition) is 2. The molecule has 71 heavy (non-hydrogen) atoms. The van der Waals surface area contributed by atoms with E-state index in [1.54, 1.807) is 0 Å². The number of rotatable bonds is 7. The van der Waals surface area contributed by atoms with E-state index in [1.165, 1.54) is 44.3 Å². The molecule has 0 saturated carbocycles. The van der Waals surface area contributed by atoms with Crippen molar-refractivity contribution in [2.75, 3.05) is 0 Å². The molecule has 15 rings (SSSR count). The standard InChI is InChI=1S/C66H48N4O/c1-66(2,3)44-34-35-67-62(36-44)70-58-31-15-14-24-50(58)51-33-32-47(38-59(51)70)71-46-23-16-22-45(37-46)68-41-69(65-48(42-18-6-4-7-19-42)29-17-30-49(65)43-20-8-5-9-21-43)61-40-57-56(39-60(61)68)63-52-25-10-12-27-54(52)64(57)55-28-13-11-26-53(55)63/h4-40,63-64H,1-3H3. The average molecular weight is 913 g/mol. The second kappa shape index (κ2) is 15.9. The summed E-state index contributed by atoms with van der Waals surface area (Å²) in [6.45, 7) is 6.73. The van der Waals surface area contributed by atoms with Gasteiger partial charge in [0.15, 0.2) is 0 Å². The van der Waals surface area contributed by atoms with Crippen LogP contribution in [0.2, 0.25) is 0 Å². The van der Waals surface area contributed by atoms with Crippen LogP contribution in [0.4, 0.5) is 0 Å². The number of pyridine rings is 1.